The summed E-state index contributed by atoms with van der Waals surface area (Å²) in [6, 6.07) is 12.0. The van der Waals surface area contributed by atoms with Crippen molar-refractivity contribution in [2.45, 2.75) is 50.7 Å². The fourth-order valence-electron chi connectivity index (χ4n) is 2.90. The van der Waals surface area contributed by atoms with Gasteiger partial charge < -0.3 is 5.73 Å². The minimum absolute atomic E-state index is 0.347. The highest BCUT2D eigenvalue weighted by Gasteiger charge is 2.28. The van der Waals surface area contributed by atoms with Crippen LogP contribution < -0.4 is 5.73 Å². The Morgan fingerprint density at radius 2 is 1.82 bits per heavy atom. The molecular weight excluding hydrogens is 208 g/mol. The molecule has 1 aromatic carbocycles. The lowest BCUT2D eigenvalue weighted by molar-refractivity contribution is 0.128. The first kappa shape index (κ1) is 12.6. The lowest BCUT2D eigenvalue weighted by Gasteiger charge is -2.39. The molecule has 1 aliphatic rings. The highest BCUT2D eigenvalue weighted by molar-refractivity contribution is 5.18. The van der Waals surface area contributed by atoms with Crippen molar-refractivity contribution in [3.63, 3.8) is 0 Å². The number of hydrogen-bond acceptors (Lipinski definition) is 2. The van der Waals surface area contributed by atoms with E-state index in [2.05, 4.69) is 49.2 Å². The van der Waals surface area contributed by atoms with Gasteiger partial charge in [-0.1, -0.05) is 43.2 Å². The molecule has 1 saturated carbocycles. The summed E-state index contributed by atoms with van der Waals surface area (Å²) in [5.41, 5.74) is 7.64. The molecule has 0 radical (unpaired) electrons. The van der Waals surface area contributed by atoms with Crippen LogP contribution in [-0.2, 0) is 0 Å². The van der Waals surface area contributed by atoms with Gasteiger partial charge in [-0.05, 0) is 32.4 Å². The van der Waals surface area contributed by atoms with Gasteiger partial charge >= 0.3 is 0 Å². The Morgan fingerprint density at radius 3 is 2.47 bits per heavy atom. The van der Waals surface area contributed by atoms with Gasteiger partial charge in [0.1, 0.15) is 0 Å². The highest BCUT2D eigenvalue weighted by atomic mass is 15.2. The molecule has 0 aromatic heterocycles. The van der Waals surface area contributed by atoms with Crippen molar-refractivity contribution in [1.82, 2.24) is 4.90 Å². The van der Waals surface area contributed by atoms with Gasteiger partial charge in [-0.2, -0.15) is 0 Å². The Hall–Kier alpha value is -0.860. The number of rotatable bonds is 3. The second-order valence-corrected chi connectivity index (χ2v) is 5.27. The van der Waals surface area contributed by atoms with Crippen LogP contribution in [0.2, 0.25) is 0 Å². The zero-order chi connectivity index (χ0) is 12.3. The van der Waals surface area contributed by atoms with Crippen molar-refractivity contribution in [2.75, 3.05) is 7.05 Å². The SMILES string of the molecule is CC(c1ccccc1)N(C)C1CCCCC1N. The fraction of sp³-hybridized carbons (Fsp3) is 0.600. The molecule has 0 spiro atoms. The van der Waals surface area contributed by atoms with Crippen molar-refractivity contribution in [3.05, 3.63) is 35.9 Å². The Labute approximate surface area is 105 Å². The molecule has 0 saturated heterocycles. The zero-order valence-electron chi connectivity index (χ0n) is 11.0. The maximum Gasteiger partial charge on any atom is 0.0320 e. The van der Waals surface area contributed by atoms with Crippen molar-refractivity contribution < 1.29 is 0 Å². The van der Waals surface area contributed by atoms with E-state index in [-0.39, 0.29) is 0 Å². The first-order valence-electron chi connectivity index (χ1n) is 6.72. The molecule has 0 amide bonds. The normalized spacial score (nSPS) is 27.1. The molecular formula is C15H24N2. The first-order valence-corrected chi connectivity index (χ1v) is 6.72. The van der Waals surface area contributed by atoms with Crippen LogP contribution in [0.4, 0.5) is 0 Å². The van der Waals surface area contributed by atoms with Gasteiger partial charge in [0, 0.05) is 18.1 Å². The third-order valence-corrected chi connectivity index (χ3v) is 4.20. The van der Waals surface area contributed by atoms with Crippen LogP contribution in [0.15, 0.2) is 30.3 Å². The molecule has 3 unspecified atom stereocenters. The fourth-order valence-corrected chi connectivity index (χ4v) is 2.90. The molecule has 2 heteroatoms. The lowest BCUT2D eigenvalue weighted by Crippen LogP contribution is -2.48. The smallest absolute Gasteiger partial charge is 0.0320 e. The van der Waals surface area contributed by atoms with Crippen molar-refractivity contribution >= 4 is 0 Å². The monoisotopic (exact) mass is 232 g/mol. The molecule has 1 fully saturated rings. The van der Waals surface area contributed by atoms with E-state index < -0.39 is 0 Å². The molecule has 0 aliphatic heterocycles. The number of nitrogens with two attached hydrogens (primary N) is 1. The number of hydrogen-bond donors (Lipinski definition) is 1. The third-order valence-electron chi connectivity index (χ3n) is 4.20. The van der Waals surface area contributed by atoms with Gasteiger partial charge in [-0.3, -0.25) is 4.90 Å². The number of nitrogens with zero attached hydrogens (tertiary/aromatic N) is 1. The molecule has 2 nitrogen and oxygen atoms in total. The molecule has 1 aliphatic carbocycles. The standard InChI is InChI=1S/C15H24N2/c1-12(13-8-4-3-5-9-13)17(2)15-11-7-6-10-14(15)16/h3-5,8-9,12,14-15H,6-7,10-11,16H2,1-2H3. The minimum Gasteiger partial charge on any atom is -0.326 e. The summed E-state index contributed by atoms with van der Waals surface area (Å²) in [6.45, 7) is 2.27. The summed E-state index contributed by atoms with van der Waals surface area (Å²) in [7, 11) is 2.22. The summed E-state index contributed by atoms with van der Waals surface area (Å²) in [5, 5.41) is 0. The third kappa shape index (κ3) is 2.88. The molecule has 2 N–H and O–H groups in total. The Bertz CT molecular complexity index is 336. The summed E-state index contributed by atoms with van der Waals surface area (Å²) in [5.74, 6) is 0. The highest BCUT2D eigenvalue weighted by Crippen LogP contribution is 2.27. The molecule has 0 bridgehead atoms. The summed E-state index contributed by atoms with van der Waals surface area (Å²) in [6.07, 6.45) is 5.04. The average Bonchev–Trinajstić information content (AvgIpc) is 2.39. The number of benzene rings is 1. The van der Waals surface area contributed by atoms with Gasteiger partial charge in [0.2, 0.25) is 0 Å². The van der Waals surface area contributed by atoms with Crippen LogP contribution in [0.3, 0.4) is 0 Å². The minimum atomic E-state index is 0.347. The van der Waals surface area contributed by atoms with Crippen LogP contribution in [-0.4, -0.2) is 24.0 Å². The van der Waals surface area contributed by atoms with Crippen LogP contribution in [0, 0.1) is 0 Å². The topological polar surface area (TPSA) is 29.3 Å². The maximum atomic E-state index is 6.25. The second kappa shape index (κ2) is 5.65. The summed E-state index contributed by atoms with van der Waals surface area (Å²) < 4.78 is 0. The second-order valence-electron chi connectivity index (χ2n) is 5.27. The largest absolute Gasteiger partial charge is 0.326 e. The van der Waals surface area contributed by atoms with E-state index in [0.717, 1.165) is 0 Å². The van der Waals surface area contributed by atoms with E-state index in [1.165, 1.54) is 31.2 Å². The Balaban J connectivity index is 2.06. The van der Waals surface area contributed by atoms with Crippen LogP contribution >= 0.6 is 0 Å². The van der Waals surface area contributed by atoms with Crippen LogP contribution in [0.5, 0.6) is 0 Å². The zero-order valence-corrected chi connectivity index (χ0v) is 11.0. The number of likely N-dealkylation sites (N-methyl/N-ethyl adjacent to an activating group) is 1. The van der Waals surface area contributed by atoms with E-state index >= 15 is 0 Å². The average molecular weight is 232 g/mol. The first-order chi connectivity index (χ1) is 8.20. The van der Waals surface area contributed by atoms with E-state index in [0.29, 0.717) is 18.1 Å². The predicted octanol–water partition coefficient (Wildman–Crippen LogP) is 2.95. The van der Waals surface area contributed by atoms with Crippen molar-refractivity contribution in [2.24, 2.45) is 5.73 Å². The maximum absolute atomic E-state index is 6.25. The van der Waals surface area contributed by atoms with E-state index in [1.807, 2.05) is 0 Å². The Kier molecular flexibility index (Phi) is 4.19. The van der Waals surface area contributed by atoms with Gasteiger partial charge in [0.05, 0.1) is 0 Å². The van der Waals surface area contributed by atoms with Gasteiger partial charge in [-0.25, -0.2) is 0 Å². The summed E-state index contributed by atoms with van der Waals surface area (Å²) >= 11 is 0. The summed E-state index contributed by atoms with van der Waals surface area (Å²) in [4.78, 5) is 2.46. The quantitative estimate of drug-likeness (QED) is 0.868. The predicted molar refractivity (Wildman–Crippen MR) is 72.9 cm³/mol. The molecule has 94 valence electrons. The van der Waals surface area contributed by atoms with Crippen LogP contribution in [0.1, 0.15) is 44.2 Å². The van der Waals surface area contributed by atoms with Gasteiger partial charge in [-0.15, -0.1) is 0 Å². The van der Waals surface area contributed by atoms with Gasteiger partial charge in [0.25, 0.3) is 0 Å². The van der Waals surface area contributed by atoms with Crippen LogP contribution in [0.25, 0.3) is 0 Å². The Morgan fingerprint density at radius 1 is 1.18 bits per heavy atom. The molecule has 17 heavy (non-hydrogen) atoms. The van der Waals surface area contributed by atoms with Gasteiger partial charge in [0.15, 0.2) is 0 Å². The van der Waals surface area contributed by atoms with Crippen molar-refractivity contribution in [3.8, 4) is 0 Å². The van der Waals surface area contributed by atoms with Crippen molar-refractivity contribution in [1.29, 1.82) is 0 Å². The molecule has 0 heterocycles. The van der Waals surface area contributed by atoms with E-state index in [4.69, 9.17) is 5.73 Å². The van der Waals surface area contributed by atoms with E-state index in [9.17, 15) is 0 Å². The molecule has 2 rings (SSSR count). The lowest BCUT2D eigenvalue weighted by atomic mass is 9.89. The molecule has 1 aromatic rings. The van der Waals surface area contributed by atoms with E-state index in [1.54, 1.807) is 0 Å². The molecule has 3 atom stereocenters.